The minimum atomic E-state index is -3.75. The fourth-order valence-electron chi connectivity index (χ4n) is 2.41. The van der Waals surface area contributed by atoms with Gasteiger partial charge in [-0.05, 0) is 47.7 Å². The lowest BCUT2D eigenvalue weighted by molar-refractivity contribution is -0.115. The lowest BCUT2D eigenvalue weighted by Crippen LogP contribution is -2.24. The van der Waals surface area contributed by atoms with Crippen molar-refractivity contribution in [2.75, 3.05) is 19.4 Å². The van der Waals surface area contributed by atoms with Crippen molar-refractivity contribution in [3.05, 3.63) is 53.6 Å². The average Bonchev–Trinajstić information content (AvgIpc) is 3.17. The van der Waals surface area contributed by atoms with E-state index in [1.54, 1.807) is 17.7 Å². The van der Waals surface area contributed by atoms with Gasteiger partial charge in [0, 0.05) is 19.8 Å². The Morgan fingerprint density at radius 3 is 2.57 bits per heavy atom. The fourth-order valence-corrected chi connectivity index (χ4v) is 4.62. The smallest absolute Gasteiger partial charge is 0.244 e. The van der Waals surface area contributed by atoms with Gasteiger partial charge in [0.15, 0.2) is 0 Å². The summed E-state index contributed by atoms with van der Waals surface area (Å²) in [6, 6.07) is 13.6. The summed E-state index contributed by atoms with van der Waals surface area (Å²) >= 11 is 7.23. The Bertz CT molecular complexity index is 1150. The highest BCUT2D eigenvalue weighted by Crippen LogP contribution is 2.28. The first-order valence-corrected chi connectivity index (χ1v) is 11.4. The molecule has 1 N–H and O–H groups in total. The van der Waals surface area contributed by atoms with E-state index in [1.807, 2.05) is 30.3 Å². The number of para-hydroxylation sites is 1. The Labute approximate surface area is 183 Å². The molecule has 3 rings (SSSR count). The number of hydrogen-bond donors (Lipinski definition) is 1. The van der Waals surface area contributed by atoms with Crippen LogP contribution in [-0.4, -0.2) is 58.2 Å². The number of hydrogen-bond acceptors (Lipinski definition) is 7. The summed E-state index contributed by atoms with van der Waals surface area (Å²) in [5.74, 6) is -0.335. The lowest BCUT2D eigenvalue weighted by atomic mass is 10.3. The van der Waals surface area contributed by atoms with Gasteiger partial charge in [0.1, 0.15) is 4.90 Å². The Hall–Kier alpha value is -2.47. The number of benzene rings is 2. The highest BCUT2D eigenvalue weighted by molar-refractivity contribution is 8.00. The van der Waals surface area contributed by atoms with E-state index in [9.17, 15) is 13.2 Å². The molecule has 30 heavy (non-hydrogen) atoms. The zero-order chi connectivity index (χ0) is 21.9. The van der Waals surface area contributed by atoms with Crippen LogP contribution in [0.5, 0.6) is 0 Å². The second-order valence-corrected chi connectivity index (χ2v) is 10.2. The Balaban J connectivity index is 1.76. The molecule has 2 aromatic carbocycles. The van der Waals surface area contributed by atoms with Gasteiger partial charge in [-0.3, -0.25) is 4.79 Å². The standard InChI is InChI=1S/C18H19ClN6O3S2/c1-12(29-18-21-22-23-25(18)14-7-5-4-6-8-14)17(26)20-13-9-10-15(19)16(11-13)30(27,28)24(2)3/h4-12H,1-3H3,(H,20,26). The van der Waals surface area contributed by atoms with Crippen molar-refractivity contribution in [2.45, 2.75) is 22.2 Å². The summed E-state index contributed by atoms with van der Waals surface area (Å²) in [7, 11) is -0.930. The van der Waals surface area contributed by atoms with Crippen LogP contribution in [0.15, 0.2) is 58.6 Å². The third-order valence-corrected chi connectivity index (χ3v) is 7.38. The molecule has 12 heteroatoms. The van der Waals surface area contributed by atoms with Crippen molar-refractivity contribution in [1.29, 1.82) is 0 Å². The van der Waals surface area contributed by atoms with Crippen LogP contribution in [0.1, 0.15) is 6.92 Å². The molecule has 0 radical (unpaired) electrons. The summed E-state index contributed by atoms with van der Waals surface area (Å²) in [6.07, 6.45) is 0. The van der Waals surface area contributed by atoms with E-state index in [4.69, 9.17) is 11.6 Å². The summed E-state index contributed by atoms with van der Waals surface area (Å²) < 4.78 is 27.4. The first kappa shape index (κ1) is 22.2. The molecular formula is C18H19ClN6O3S2. The normalized spacial score (nSPS) is 12.7. The molecule has 1 heterocycles. The molecule has 1 unspecified atom stereocenters. The predicted molar refractivity (Wildman–Crippen MR) is 115 cm³/mol. The second kappa shape index (κ2) is 9.13. The number of thioether (sulfide) groups is 1. The van der Waals surface area contributed by atoms with Gasteiger partial charge in [0.25, 0.3) is 0 Å². The predicted octanol–water partition coefficient (Wildman–Crippen LogP) is 2.69. The second-order valence-electron chi connectivity index (χ2n) is 6.39. The first-order valence-electron chi connectivity index (χ1n) is 8.73. The number of nitrogens with one attached hydrogen (secondary N) is 1. The Morgan fingerprint density at radius 1 is 1.20 bits per heavy atom. The number of amides is 1. The van der Waals surface area contributed by atoms with Crippen molar-refractivity contribution in [3.8, 4) is 5.69 Å². The lowest BCUT2D eigenvalue weighted by Gasteiger charge is -2.15. The maximum absolute atomic E-state index is 12.7. The zero-order valence-electron chi connectivity index (χ0n) is 16.4. The maximum Gasteiger partial charge on any atom is 0.244 e. The van der Waals surface area contributed by atoms with Crippen LogP contribution in [0, 0.1) is 0 Å². The van der Waals surface area contributed by atoms with Crippen LogP contribution < -0.4 is 5.32 Å². The van der Waals surface area contributed by atoms with Crippen molar-refractivity contribution in [2.24, 2.45) is 0 Å². The van der Waals surface area contributed by atoms with Crippen molar-refractivity contribution < 1.29 is 13.2 Å². The third-order valence-electron chi connectivity index (χ3n) is 4.05. The van der Waals surface area contributed by atoms with Crippen LogP contribution in [0.3, 0.4) is 0 Å². The van der Waals surface area contributed by atoms with E-state index in [1.165, 1.54) is 38.0 Å². The highest BCUT2D eigenvalue weighted by atomic mass is 35.5. The average molecular weight is 467 g/mol. The largest absolute Gasteiger partial charge is 0.325 e. The van der Waals surface area contributed by atoms with Crippen LogP contribution in [0.25, 0.3) is 5.69 Å². The Kier molecular flexibility index (Phi) is 6.76. The van der Waals surface area contributed by atoms with Crippen molar-refractivity contribution in [1.82, 2.24) is 24.5 Å². The number of nitrogens with zero attached hydrogens (tertiary/aromatic N) is 5. The zero-order valence-corrected chi connectivity index (χ0v) is 18.7. The van der Waals surface area contributed by atoms with Crippen molar-refractivity contribution in [3.63, 3.8) is 0 Å². The van der Waals surface area contributed by atoms with E-state index in [0.717, 1.165) is 9.99 Å². The van der Waals surface area contributed by atoms with Gasteiger partial charge in [0.05, 0.1) is 16.0 Å². The van der Waals surface area contributed by atoms with Gasteiger partial charge < -0.3 is 5.32 Å². The molecule has 0 bridgehead atoms. The number of carbonyl (C=O) groups is 1. The molecule has 0 aliphatic heterocycles. The van der Waals surface area contributed by atoms with Crippen LogP contribution in [-0.2, 0) is 14.8 Å². The molecule has 1 aromatic heterocycles. The molecule has 9 nitrogen and oxygen atoms in total. The summed E-state index contributed by atoms with van der Waals surface area (Å²) in [6.45, 7) is 1.71. The van der Waals surface area contributed by atoms with Gasteiger partial charge >= 0.3 is 0 Å². The monoisotopic (exact) mass is 466 g/mol. The van der Waals surface area contributed by atoms with Gasteiger partial charge in [-0.2, -0.15) is 4.68 Å². The minimum Gasteiger partial charge on any atom is -0.325 e. The molecule has 0 saturated heterocycles. The van der Waals surface area contributed by atoms with Crippen LogP contribution in [0.2, 0.25) is 5.02 Å². The fraction of sp³-hybridized carbons (Fsp3) is 0.222. The van der Waals surface area contributed by atoms with E-state index >= 15 is 0 Å². The molecule has 0 saturated carbocycles. The number of halogens is 1. The summed E-state index contributed by atoms with van der Waals surface area (Å²) in [5.41, 5.74) is 1.09. The van der Waals surface area contributed by atoms with Crippen molar-refractivity contribution >= 4 is 45.0 Å². The van der Waals surface area contributed by atoms with E-state index in [0.29, 0.717) is 10.8 Å². The molecule has 0 aliphatic carbocycles. The molecular weight excluding hydrogens is 448 g/mol. The number of sulfonamides is 1. The summed E-state index contributed by atoms with van der Waals surface area (Å²) in [5, 5.41) is 14.3. The number of aromatic nitrogens is 4. The Morgan fingerprint density at radius 2 is 1.90 bits per heavy atom. The third kappa shape index (κ3) is 4.81. The van der Waals surface area contributed by atoms with Crippen LogP contribution >= 0.6 is 23.4 Å². The van der Waals surface area contributed by atoms with Gasteiger partial charge in [-0.1, -0.05) is 41.6 Å². The van der Waals surface area contributed by atoms with Gasteiger partial charge in [-0.15, -0.1) is 5.10 Å². The maximum atomic E-state index is 12.7. The molecule has 0 fully saturated rings. The quantitative estimate of drug-likeness (QED) is 0.533. The van der Waals surface area contributed by atoms with Gasteiger partial charge in [-0.25, -0.2) is 12.7 Å². The van der Waals surface area contributed by atoms with E-state index in [2.05, 4.69) is 20.8 Å². The molecule has 1 atom stereocenters. The number of tetrazole rings is 1. The van der Waals surface area contributed by atoms with E-state index < -0.39 is 15.3 Å². The van der Waals surface area contributed by atoms with Gasteiger partial charge in [0.2, 0.25) is 21.1 Å². The number of rotatable bonds is 7. The highest BCUT2D eigenvalue weighted by Gasteiger charge is 2.23. The minimum absolute atomic E-state index is 0.0751. The molecule has 158 valence electrons. The molecule has 3 aromatic rings. The van der Waals surface area contributed by atoms with Crippen LogP contribution in [0.4, 0.5) is 5.69 Å². The molecule has 1 amide bonds. The molecule has 0 aliphatic rings. The SMILES string of the molecule is CC(Sc1nnnn1-c1ccccc1)C(=O)Nc1ccc(Cl)c(S(=O)(=O)N(C)C)c1. The summed E-state index contributed by atoms with van der Waals surface area (Å²) in [4.78, 5) is 12.6. The number of carbonyl (C=O) groups excluding carboxylic acids is 1. The van der Waals surface area contributed by atoms with E-state index in [-0.39, 0.29) is 15.8 Å². The first-order chi connectivity index (χ1) is 14.2. The molecule has 0 spiro atoms. The number of anilines is 1. The topological polar surface area (TPSA) is 110 Å².